The van der Waals surface area contributed by atoms with Gasteiger partial charge in [0, 0.05) is 27.4 Å². The van der Waals surface area contributed by atoms with Crippen molar-refractivity contribution in [2.24, 2.45) is 0 Å². The monoisotopic (exact) mass is 1140 g/mol. The number of carbonyl (C=O) groups excluding carboxylic acids is 2. The summed E-state index contributed by atoms with van der Waals surface area (Å²) in [5.74, 6) is -7.00. The third-order valence-electron chi connectivity index (χ3n) is 8.77. The zero-order chi connectivity index (χ0) is 47.5. The number of anilines is 2. The molecule has 0 spiro atoms. The molecule has 334 valence electrons. The molecule has 0 aliphatic heterocycles. The molecule has 0 aliphatic carbocycles. The van der Waals surface area contributed by atoms with E-state index in [1.807, 2.05) is 18.2 Å². The van der Waals surface area contributed by atoms with Gasteiger partial charge in [-0.1, -0.05) is 131 Å². The molecule has 0 unspecified atom stereocenters. The standard InChI is InChI=1S/2C15H8BrClF2N2.C9H6BrClO2.C6H6F2N2/c16-7-12-14(8-3-1-2-4-9(8)17)20-11-6-5-10(18)13(19)15(11)21-12;16-7-12-14(8-3-1-2-4-9(8)17)21-15-11(20-12)6-5-10(18)13(15)19;10-5-8(12)9(13)6-3-1-2-4-7(6)11;7-3-1-2-4(9)6(10)5(3)8/h2*1-6H,7H2;1-4H,5H2;1-2H,9-10H2. The van der Waals surface area contributed by atoms with Gasteiger partial charge in [0.15, 0.2) is 34.9 Å². The predicted octanol–water partition coefficient (Wildman–Crippen LogP) is 13.9. The SMILES string of the molecule is Fc1ccc2nc(-c3ccccc3Cl)c(CBr)nc2c1F.Fc1ccc2nc(CBr)c(-c3ccccc3Cl)nc2c1F.Nc1ccc(F)c(F)c1N.O=C(CBr)C(=O)c1ccccc1Cl. The van der Waals surface area contributed by atoms with E-state index in [1.165, 1.54) is 24.3 Å². The number of nitrogens with two attached hydrogens (primary N) is 2. The Hall–Kier alpha value is -5.17. The number of alkyl halides is 3. The van der Waals surface area contributed by atoms with Gasteiger partial charge in [0.05, 0.1) is 65.6 Å². The summed E-state index contributed by atoms with van der Waals surface area (Å²) in [6.07, 6.45) is 0. The van der Waals surface area contributed by atoms with Gasteiger partial charge in [-0.05, 0) is 60.7 Å². The molecule has 0 aliphatic rings. The van der Waals surface area contributed by atoms with E-state index in [0.717, 1.165) is 18.2 Å². The Morgan fingerprint density at radius 2 is 0.938 bits per heavy atom. The van der Waals surface area contributed by atoms with Crippen LogP contribution < -0.4 is 11.5 Å². The molecular formula is C45H28Br3Cl3F6N6O2. The average Bonchev–Trinajstić information content (AvgIpc) is 3.32. The number of benzene rings is 6. The third kappa shape index (κ3) is 12.2. The average molecular weight is 1140 g/mol. The van der Waals surface area contributed by atoms with Crippen molar-refractivity contribution < 1.29 is 35.9 Å². The van der Waals surface area contributed by atoms with Crippen LogP contribution in [0.25, 0.3) is 44.6 Å². The number of Topliss-reactive ketones (excluding diaryl/α,β-unsaturated/α-hetero) is 2. The highest BCUT2D eigenvalue weighted by molar-refractivity contribution is 9.09. The fourth-order valence-corrected chi connectivity index (χ4v) is 7.27. The Morgan fingerprint density at radius 3 is 1.43 bits per heavy atom. The van der Waals surface area contributed by atoms with Crippen LogP contribution in [0.4, 0.5) is 37.7 Å². The lowest BCUT2D eigenvalue weighted by Gasteiger charge is -2.10. The van der Waals surface area contributed by atoms with Gasteiger partial charge in [-0.15, -0.1) is 0 Å². The summed E-state index contributed by atoms with van der Waals surface area (Å²) in [7, 11) is 0. The van der Waals surface area contributed by atoms with Crippen LogP contribution in [-0.4, -0.2) is 36.8 Å². The van der Waals surface area contributed by atoms with Crippen molar-refractivity contribution in [2.45, 2.75) is 10.7 Å². The maximum absolute atomic E-state index is 13.9. The number of nitrogens with zero attached hydrogens (tertiary/aromatic N) is 4. The molecule has 0 fully saturated rings. The van der Waals surface area contributed by atoms with Crippen molar-refractivity contribution in [1.29, 1.82) is 0 Å². The van der Waals surface area contributed by atoms with Crippen LogP contribution >= 0.6 is 82.6 Å². The highest BCUT2D eigenvalue weighted by Gasteiger charge is 2.19. The van der Waals surface area contributed by atoms with Gasteiger partial charge in [0.1, 0.15) is 11.0 Å². The first-order valence-corrected chi connectivity index (χ1v) is 22.8. The Balaban J connectivity index is 0.000000170. The fraction of sp³-hybridized carbons (Fsp3) is 0.0667. The molecule has 0 saturated carbocycles. The smallest absolute Gasteiger partial charge is 0.230 e. The number of halogens is 12. The van der Waals surface area contributed by atoms with Crippen molar-refractivity contribution in [3.63, 3.8) is 0 Å². The first-order valence-electron chi connectivity index (χ1n) is 18.3. The number of fused-ring (bicyclic) bond motifs is 2. The Morgan fingerprint density at radius 1 is 0.508 bits per heavy atom. The van der Waals surface area contributed by atoms with E-state index in [1.54, 1.807) is 48.5 Å². The number of carbonyl (C=O) groups is 2. The topological polar surface area (TPSA) is 138 Å². The molecule has 8 rings (SSSR count). The first kappa shape index (κ1) is 50.8. The van der Waals surface area contributed by atoms with E-state index >= 15 is 0 Å². The van der Waals surface area contributed by atoms with Gasteiger partial charge < -0.3 is 11.5 Å². The van der Waals surface area contributed by atoms with Crippen molar-refractivity contribution in [3.05, 3.63) is 176 Å². The quantitative estimate of drug-likeness (QED) is 0.0529. The van der Waals surface area contributed by atoms with E-state index in [2.05, 4.69) is 67.7 Å². The maximum atomic E-state index is 13.9. The van der Waals surface area contributed by atoms with Crippen LogP contribution in [0.5, 0.6) is 0 Å². The molecule has 8 aromatic rings. The predicted molar refractivity (Wildman–Crippen MR) is 255 cm³/mol. The minimum atomic E-state index is -1.08. The number of nitrogen functional groups attached to an aromatic ring is 2. The molecular weight excluding hydrogens is 1120 g/mol. The summed E-state index contributed by atoms with van der Waals surface area (Å²) in [6, 6.07) is 27.8. The van der Waals surface area contributed by atoms with Crippen molar-refractivity contribution >= 4 is 128 Å². The molecule has 8 nitrogen and oxygen atoms in total. The fourth-order valence-electron chi connectivity index (χ4n) is 5.56. The summed E-state index contributed by atoms with van der Waals surface area (Å²) >= 11 is 27.6. The van der Waals surface area contributed by atoms with E-state index in [4.69, 9.17) is 46.3 Å². The first-order chi connectivity index (χ1) is 31.0. The summed E-state index contributed by atoms with van der Waals surface area (Å²) in [5.41, 5.74) is 14.0. The maximum Gasteiger partial charge on any atom is 0.230 e. The minimum Gasteiger partial charge on any atom is -0.397 e. The number of hydrogen-bond donors (Lipinski definition) is 2. The van der Waals surface area contributed by atoms with E-state index in [-0.39, 0.29) is 38.8 Å². The zero-order valence-corrected chi connectivity index (χ0v) is 39.8. The minimum absolute atomic E-state index is 0.0249. The number of ketones is 2. The molecule has 4 N–H and O–H groups in total. The van der Waals surface area contributed by atoms with E-state index < -0.39 is 46.5 Å². The van der Waals surface area contributed by atoms with Crippen LogP contribution in [-0.2, 0) is 15.5 Å². The van der Waals surface area contributed by atoms with Crippen LogP contribution in [0.3, 0.4) is 0 Å². The van der Waals surface area contributed by atoms with Crippen molar-refractivity contribution in [2.75, 3.05) is 16.8 Å². The molecule has 20 heteroatoms. The highest BCUT2D eigenvalue weighted by atomic mass is 79.9. The Kier molecular flexibility index (Phi) is 18.2. The molecule has 0 radical (unpaired) electrons. The van der Waals surface area contributed by atoms with Gasteiger partial charge in [0.2, 0.25) is 11.6 Å². The van der Waals surface area contributed by atoms with Crippen LogP contribution in [0, 0.1) is 34.9 Å². The van der Waals surface area contributed by atoms with Crippen molar-refractivity contribution in [1.82, 2.24) is 19.9 Å². The second-order valence-corrected chi connectivity index (χ2v) is 15.9. The van der Waals surface area contributed by atoms with Gasteiger partial charge >= 0.3 is 0 Å². The molecule has 2 heterocycles. The lowest BCUT2D eigenvalue weighted by Crippen LogP contribution is -2.15. The zero-order valence-electron chi connectivity index (χ0n) is 32.8. The second-order valence-electron chi connectivity index (χ2n) is 13.0. The van der Waals surface area contributed by atoms with Gasteiger partial charge in [-0.25, -0.2) is 46.3 Å². The number of aromatic nitrogens is 4. The third-order valence-corrected chi connectivity index (χ3v) is 11.3. The van der Waals surface area contributed by atoms with Crippen LogP contribution in [0.2, 0.25) is 15.1 Å². The Bertz CT molecular complexity index is 3040. The van der Waals surface area contributed by atoms with Crippen LogP contribution in [0.1, 0.15) is 21.7 Å². The lowest BCUT2D eigenvalue weighted by atomic mass is 10.1. The van der Waals surface area contributed by atoms with Crippen LogP contribution in [0.15, 0.2) is 109 Å². The van der Waals surface area contributed by atoms with E-state index in [9.17, 15) is 35.9 Å². The van der Waals surface area contributed by atoms with Crippen molar-refractivity contribution in [3.8, 4) is 22.5 Å². The van der Waals surface area contributed by atoms with E-state index in [0.29, 0.717) is 65.1 Å². The molecule has 0 saturated heterocycles. The summed E-state index contributed by atoms with van der Waals surface area (Å²) < 4.78 is 79.0. The number of hydrogen-bond acceptors (Lipinski definition) is 8. The largest absolute Gasteiger partial charge is 0.397 e. The normalized spacial score (nSPS) is 10.6. The van der Waals surface area contributed by atoms with Gasteiger partial charge in [0.25, 0.3) is 0 Å². The number of rotatable bonds is 7. The summed E-state index contributed by atoms with van der Waals surface area (Å²) in [6.45, 7) is 0. The van der Waals surface area contributed by atoms with Gasteiger partial charge in [-0.3, -0.25) is 9.59 Å². The lowest BCUT2D eigenvalue weighted by molar-refractivity contribution is -0.112. The molecule has 0 bridgehead atoms. The highest BCUT2D eigenvalue weighted by Crippen LogP contribution is 2.33. The molecule has 6 aromatic carbocycles. The summed E-state index contributed by atoms with van der Waals surface area (Å²) in [5, 5.41) is 2.11. The molecule has 0 atom stereocenters. The molecule has 0 amide bonds. The Labute approximate surface area is 406 Å². The second kappa shape index (κ2) is 23.3. The summed E-state index contributed by atoms with van der Waals surface area (Å²) in [4.78, 5) is 39.5. The molecule has 65 heavy (non-hydrogen) atoms. The molecule has 2 aromatic heterocycles. The van der Waals surface area contributed by atoms with Gasteiger partial charge in [-0.2, -0.15) is 0 Å².